The number of halogens is 1. The summed E-state index contributed by atoms with van der Waals surface area (Å²) in [4.78, 5) is 2.20. The number of alkyl halides is 1. The van der Waals surface area contributed by atoms with E-state index >= 15 is 0 Å². The van der Waals surface area contributed by atoms with E-state index in [0.717, 1.165) is 18.8 Å². The van der Waals surface area contributed by atoms with Crippen LogP contribution >= 0.6 is 11.6 Å². The Balaban J connectivity index is 3.15. The molecule has 3 heteroatoms. The maximum atomic E-state index is 6.31. The van der Waals surface area contributed by atoms with E-state index in [1.165, 1.54) is 16.7 Å². The molecule has 0 saturated carbocycles. The van der Waals surface area contributed by atoms with Gasteiger partial charge >= 0.3 is 0 Å². The third kappa shape index (κ3) is 6.00. The SMILES string of the molecule is Cc1cc(C(C)(C)C)c(OCCN(C)CCCl)c(C(C)(C)C)c1. The molecule has 0 aromatic heterocycles. The Morgan fingerprint density at radius 1 is 0.957 bits per heavy atom. The molecule has 0 atom stereocenters. The van der Waals surface area contributed by atoms with Crippen molar-refractivity contribution >= 4 is 11.6 Å². The summed E-state index contributed by atoms with van der Waals surface area (Å²) in [6.07, 6.45) is 0. The van der Waals surface area contributed by atoms with Crippen LogP contribution in [0.1, 0.15) is 58.2 Å². The number of hydrogen-bond acceptors (Lipinski definition) is 2. The van der Waals surface area contributed by atoms with E-state index in [-0.39, 0.29) is 10.8 Å². The summed E-state index contributed by atoms with van der Waals surface area (Å²) >= 11 is 5.80. The van der Waals surface area contributed by atoms with Crippen LogP contribution in [0, 0.1) is 6.92 Å². The van der Waals surface area contributed by atoms with Gasteiger partial charge in [0.1, 0.15) is 12.4 Å². The summed E-state index contributed by atoms with van der Waals surface area (Å²) in [6.45, 7) is 18.1. The second kappa shape index (κ2) is 7.90. The second-order valence-corrected chi connectivity index (χ2v) is 8.91. The number of aryl methyl sites for hydroxylation is 1. The smallest absolute Gasteiger partial charge is 0.126 e. The minimum Gasteiger partial charge on any atom is -0.492 e. The Bertz CT molecular complexity index is 476. The van der Waals surface area contributed by atoms with Gasteiger partial charge in [0.2, 0.25) is 0 Å². The van der Waals surface area contributed by atoms with Crippen LogP contribution in [-0.2, 0) is 10.8 Å². The number of benzene rings is 1. The van der Waals surface area contributed by atoms with Crippen molar-refractivity contribution in [1.82, 2.24) is 4.90 Å². The van der Waals surface area contributed by atoms with Crippen molar-refractivity contribution in [2.45, 2.75) is 59.3 Å². The molecule has 1 aromatic rings. The molecular formula is C20H34ClNO. The molecule has 1 aromatic carbocycles. The summed E-state index contributed by atoms with van der Waals surface area (Å²) in [5.41, 5.74) is 4.00. The third-order valence-corrected chi connectivity index (χ3v) is 4.20. The average molecular weight is 340 g/mol. The minimum atomic E-state index is 0.0589. The van der Waals surface area contributed by atoms with Crippen molar-refractivity contribution in [1.29, 1.82) is 0 Å². The van der Waals surface area contributed by atoms with Crippen LogP contribution in [0.5, 0.6) is 5.75 Å². The normalized spacial score (nSPS) is 12.8. The van der Waals surface area contributed by atoms with Crippen molar-refractivity contribution in [3.63, 3.8) is 0 Å². The molecule has 0 unspecified atom stereocenters. The minimum absolute atomic E-state index is 0.0589. The van der Waals surface area contributed by atoms with E-state index in [0.29, 0.717) is 12.5 Å². The molecule has 1 rings (SSSR count). The van der Waals surface area contributed by atoms with Gasteiger partial charge in [0.05, 0.1) is 0 Å². The van der Waals surface area contributed by atoms with Gasteiger partial charge in [-0.3, -0.25) is 0 Å². The predicted octanol–water partition coefficient (Wildman–Crippen LogP) is 5.14. The van der Waals surface area contributed by atoms with Crippen molar-refractivity contribution in [3.05, 3.63) is 28.8 Å². The largest absolute Gasteiger partial charge is 0.492 e. The maximum absolute atomic E-state index is 6.31. The van der Waals surface area contributed by atoms with Crippen molar-refractivity contribution in [2.75, 3.05) is 32.6 Å². The summed E-state index contributed by atoms with van der Waals surface area (Å²) < 4.78 is 6.31. The number of hydrogen-bond donors (Lipinski definition) is 0. The maximum Gasteiger partial charge on any atom is 0.126 e. The van der Waals surface area contributed by atoms with E-state index < -0.39 is 0 Å². The molecule has 0 heterocycles. The highest BCUT2D eigenvalue weighted by molar-refractivity contribution is 6.18. The molecule has 2 nitrogen and oxygen atoms in total. The molecule has 0 amide bonds. The molecule has 0 fully saturated rings. The zero-order chi connectivity index (χ0) is 17.8. The summed E-state index contributed by atoms with van der Waals surface area (Å²) in [6, 6.07) is 4.54. The Morgan fingerprint density at radius 2 is 1.43 bits per heavy atom. The van der Waals surface area contributed by atoms with Crippen LogP contribution in [0.4, 0.5) is 0 Å². The van der Waals surface area contributed by atoms with Gasteiger partial charge in [0.15, 0.2) is 0 Å². The van der Waals surface area contributed by atoms with Gasteiger partial charge in [-0.1, -0.05) is 59.2 Å². The molecule has 0 aliphatic heterocycles. The van der Waals surface area contributed by atoms with Crippen LogP contribution in [0.25, 0.3) is 0 Å². The Hall–Kier alpha value is -0.730. The van der Waals surface area contributed by atoms with Crippen molar-refractivity contribution in [3.8, 4) is 5.75 Å². The fourth-order valence-electron chi connectivity index (χ4n) is 2.60. The van der Waals surface area contributed by atoms with Gasteiger partial charge in [-0.05, 0) is 24.8 Å². The standard InChI is InChI=1S/C20H34ClNO/c1-15-13-16(19(2,3)4)18(17(14-15)20(5,6)7)23-12-11-22(8)10-9-21/h13-14H,9-12H2,1-8H3. The first-order valence-corrected chi connectivity index (χ1v) is 9.03. The second-order valence-electron chi connectivity index (χ2n) is 8.53. The highest BCUT2D eigenvalue weighted by Crippen LogP contribution is 2.40. The number of nitrogens with zero attached hydrogens (tertiary/aromatic N) is 1. The quantitative estimate of drug-likeness (QED) is 0.665. The van der Waals surface area contributed by atoms with Gasteiger partial charge in [0, 0.05) is 30.1 Å². The van der Waals surface area contributed by atoms with Crippen LogP contribution in [0.2, 0.25) is 0 Å². The molecule has 0 N–H and O–H groups in total. The van der Waals surface area contributed by atoms with Gasteiger partial charge in [0.25, 0.3) is 0 Å². The third-order valence-electron chi connectivity index (χ3n) is 4.03. The highest BCUT2D eigenvalue weighted by atomic mass is 35.5. The van der Waals surface area contributed by atoms with Crippen LogP contribution in [0.15, 0.2) is 12.1 Å². The summed E-state index contributed by atoms with van der Waals surface area (Å²) in [7, 11) is 2.08. The van der Waals surface area contributed by atoms with Gasteiger partial charge in [-0.15, -0.1) is 11.6 Å². The fraction of sp³-hybridized carbons (Fsp3) is 0.700. The lowest BCUT2D eigenvalue weighted by atomic mass is 9.78. The molecule has 0 aliphatic carbocycles. The Labute approximate surface area is 148 Å². The van der Waals surface area contributed by atoms with Crippen LogP contribution in [-0.4, -0.2) is 37.5 Å². The molecule has 0 aliphatic rings. The van der Waals surface area contributed by atoms with E-state index in [2.05, 4.69) is 72.5 Å². The number of rotatable bonds is 6. The Morgan fingerprint density at radius 3 is 1.83 bits per heavy atom. The number of ether oxygens (including phenoxy) is 1. The zero-order valence-electron chi connectivity index (χ0n) is 16.2. The van der Waals surface area contributed by atoms with Gasteiger partial charge < -0.3 is 9.64 Å². The first-order chi connectivity index (χ1) is 10.5. The summed E-state index contributed by atoms with van der Waals surface area (Å²) in [5.74, 6) is 1.72. The molecule has 0 spiro atoms. The van der Waals surface area contributed by atoms with Crippen LogP contribution in [0.3, 0.4) is 0 Å². The fourth-order valence-corrected chi connectivity index (χ4v) is 2.89. The molecule has 0 bridgehead atoms. The first kappa shape index (κ1) is 20.3. The van der Waals surface area contributed by atoms with E-state index in [9.17, 15) is 0 Å². The predicted molar refractivity (Wildman–Crippen MR) is 102 cm³/mol. The molecule has 132 valence electrons. The van der Waals surface area contributed by atoms with Gasteiger partial charge in [-0.2, -0.15) is 0 Å². The molecular weight excluding hydrogens is 306 g/mol. The Kier molecular flexibility index (Phi) is 6.97. The lowest BCUT2D eigenvalue weighted by Gasteiger charge is -2.30. The lowest BCUT2D eigenvalue weighted by molar-refractivity contribution is 0.237. The average Bonchev–Trinajstić information content (AvgIpc) is 2.37. The monoisotopic (exact) mass is 339 g/mol. The van der Waals surface area contributed by atoms with E-state index in [4.69, 9.17) is 16.3 Å². The van der Waals surface area contributed by atoms with E-state index in [1.54, 1.807) is 0 Å². The van der Waals surface area contributed by atoms with Crippen LogP contribution < -0.4 is 4.74 Å². The van der Waals surface area contributed by atoms with Gasteiger partial charge in [-0.25, -0.2) is 0 Å². The highest BCUT2D eigenvalue weighted by Gasteiger charge is 2.27. The topological polar surface area (TPSA) is 12.5 Å². The molecule has 23 heavy (non-hydrogen) atoms. The van der Waals surface area contributed by atoms with Crippen molar-refractivity contribution < 1.29 is 4.74 Å². The molecule has 0 saturated heterocycles. The number of likely N-dealkylation sites (N-methyl/N-ethyl adjacent to an activating group) is 1. The van der Waals surface area contributed by atoms with E-state index in [1.807, 2.05) is 0 Å². The molecule has 0 radical (unpaired) electrons. The summed E-state index contributed by atoms with van der Waals surface area (Å²) in [5, 5.41) is 0. The lowest BCUT2D eigenvalue weighted by Crippen LogP contribution is -2.27. The zero-order valence-corrected chi connectivity index (χ0v) is 17.0. The first-order valence-electron chi connectivity index (χ1n) is 8.49. The van der Waals surface area contributed by atoms with Crippen molar-refractivity contribution in [2.24, 2.45) is 0 Å².